The van der Waals surface area contributed by atoms with E-state index in [1.54, 1.807) is 6.07 Å². The molecule has 2 nitrogen and oxygen atoms in total. The maximum Gasteiger partial charge on any atom is 0.126 e. The van der Waals surface area contributed by atoms with Gasteiger partial charge in [-0.3, -0.25) is 0 Å². The third-order valence-electron chi connectivity index (χ3n) is 3.87. The highest BCUT2D eigenvalue weighted by atomic mass is 19.1. The lowest BCUT2D eigenvalue weighted by Crippen LogP contribution is -2.33. The highest BCUT2D eigenvalue weighted by Crippen LogP contribution is 2.28. The summed E-state index contributed by atoms with van der Waals surface area (Å²) < 4.78 is 18.6. The van der Waals surface area contributed by atoms with Crippen molar-refractivity contribution in [1.29, 1.82) is 0 Å². The molecule has 0 saturated heterocycles. The van der Waals surface area contributed by atoms with Gasteiger partial charge in [-0.2, -0.15) is 0 Å². The van der Waals surface area contributed by atoms with Crippen LogP contribution in [-0.2, 0) is 0 Å². The summed E-state index contributed by atoms with van der Waals surface area (Å²) in [4.78, 5) is 0. The molecular formula is C16H24FNO. The second-order valence-corrected chi connectivity index (χ2v) is 5.35. The average molecular weight is 265 g/mol. The summed E-state index contributed by atoms with van der Waals surface area (Å²) in [6.07, 6.45) is 6.12. The monoisotopic (exact) mass is 265 g/mol. The summed E-state index contributed by atoms with van der Waals surface area (Å²) in [6.45, 7) is 3.98. The molecule has 1 fully saturated rings. The lowest BCUT2D eigenvalue weighted by atomic mass is 10.00. The second kappa shape index (κ2) is 7.49. The molecule has 1 aliphatic rings. The Hall–Kier alpha value is -1.09. The zero-order valence-electron chi connectivity index (χ0n) is 11.7. The fraction of sp³-hybridized carbons (Fsp3) is 0.625. The molecule has 0 aromatic heterocycles. The Kier molecular flexibility index (Phi) is 5.64. The van der Waals surface area contributed by atoms with Gasteiger partial charge in [0.05, 0.1) is 6.61 Å². The minimum absolute atomic E-state index is 0.235. The molecule has 0 bridgehead atoms. The van der Waals surface area contributed by atoms with Crippen molar-refractivity contribution in [2.24, 2.45) is 5.92 Å². The van der Waals surface area contributed by atoms with Gasteiger partial charge in [0.1, 0.15) is 11.6 Å². The van der Waals surface area contributed by atoms with E-state index in [0.717, 1.165) is 13.0 Å². The van der Waals surface area contributed by atoms with E-state index in [0.29, 0.717) is 24.3 Å². The smallest absolute Gasteiger partial charge is 0.126 e. The standard InChI is InChI=1S/C16H24FNO/c1-2-10-18-16-8-3-5-13(16)9-11-19-15-7-4-6-14(17)12-15/h4,6-7,12-13,16,18H,2-3,5,8-11H2,1H3. The Bertz CT molecular complexity index is 383. The number of nitrogens with one attached hydrogen (secondary N) is 1. The average Bonchev–Trinajstić information content (AvgIpc) is 2.84. The maximum atomic E-state index is 13.0. The first-order valence-corrected chi connectivity index (χ1v) is 7.41. The van der Waals surface area contributed by atoms with E-state index >= 15 is 0 Å². The minimum atomic E-state index is -0.235. The van der Waals surface area contributed by atoms with Crippen molar-refractivity contribution in [2.75, 3.05) is 13.2 Å². The topological polar surface area (TPSA) is 21.3 Å². The second-order valence-electron chi connectivity index (χ2n) is 5.35. The van der Waals surface area contributed by atoms with E-state index in [2.05, 4.69) is 12.2 Å². The quantitative estimate of drug-likeness (QED) is 0.810. The van der Waals surface area contributed by atoms with Gasteiger partial charge in [0.15, 0.2) is 0 Å². The molecule has 1 aromatic carbocycles. The van der Waals surface area contributed by atoms with E-state index in [1.165, 1.54) is 37.8 Å². The SMILES string of the molecule is CCCNC1CCCC1CCOc1cccc(F)c1. The summed E-state index contributed by atoms with van der Waals surface area (Å²) in [5, 5.41) is 3.62. The van der Waals surface area contributed by atoms with Gasteiger partial charge >= 0.3 is 0 Å². The Balaban J connectivity index is 1.72. The Labute approximate surface area is 115 Å². The van der Waals surface area contributed by atoms with Crippen LogP contribution in [0.5, 0.6) is 5.75 Å². The first-order chi connectivity index (χ1) is 9.29. The molecule has 0 radical (unpaired) electrons. The van der Waals surface area contributed by atoms with Crippen molar-refractivity contribution in [3.8, 4) is 5.75 Å². The summed E-state index contributed by atoms with van der Waals surface area (Å²) in [5.74, 6) is 1.11. The molecule has 3 heteroatoms. The highest BCUT2D eigenvalue weighted by molar-refractivity contribution is 5.22. The van der Waals surface area contributed by atoms with Crippen LogP contribution in [0, 0.1) is 11.7 Å². The fourth-order valence-electron chi connectivity index (χ4n) is 2.87. The molecule has 0 heterocycles. The van der Waals surface area contributed by atoms with E-state index in [9.17, 15) is 4.39 Å². The molecule has 1 N–H and O–H groups in total. The Morgan fingerprint density at radius 2 is 2.26 bits per heavy atom. The molecule has 2 rings (SSSR count). The lowest BCUT2D eigenvalue weighted by Gasteiger charge is -2.20. The number of hydrogen-bond donors (Lipinski definition) is 1. The summed E-state index contributed by atoms with van der Waals surface area (Å²) in [6, 6.07) is 7.03. The van der Waals surface area contributed by atoms with Gasteiger partial charge < -0.3 is 10.1 Å². The maximum absolute atomic E-state index is 13.0. The van der Waals surface area contributed by atoms with Crippen LogP contribution in [0.3, 0.4) is 0 Å². The first-order valence-electron chi connectivity index (χ1n) is 7.41. The predicted octanol–water partition coefficient (Wildman–Crippen LogP) is 3.76. The van der Waals surface area contributed by atoms with Crippen LogP contribution in [0.1, 0.15) is 39.0 Å². The van der Waals surface area contributed by atoms with Gasteiger partial charge in [-0.25, -0.2) is 4.39 Å². The molecule has 0 spiro atoms. The van der Waals surface area contributed by atoms with Gasteiger partial charge in [0, 0.05) is 12.1 Å². The lowest BCUT2D eigenvalue weighted by molar-refractivity contribution is 0.259. The number of benzene rings is 1. The summed E-state index contributed by atoms with van der Waals surface area (Å²) in [7, 11) is 0. The van der Waals surface area contributed by atoms with E-state index in [1.807, 2.05) is 6.07 Å². The van der Waals surface area contributed by atoms with Crippen molar-refractivity contribution < 1.29 is 9.13 Å². The van der Waals surface area contributed by atoms with Crippen LogP contribution in [0.25, 0.3) is 0 Å². The molecule has 19 heavy (non-hydrogen) atoms. The summed E-state index contributed by atoms with van der Waals surface area (Å²) in [5.41, 5.74) is 0. The van der Waals surface area contributed by atoms with Crippen LogP contribution in [0.4, 0.5) is 4.39 Å². The van der Waals surface area contributed by atoms with Crippen molar-refractivity contribution in [3.05, 3.63) is 30.1 Å². The van der Waals surface area contributed by atoms with Gasteiger partial charge in [-0.05, 0) is 50.3 Å². The van der Waals surface area contributed by atoms with Crippen molar-refractivity contribution in [3.63, 3.8) is 0 Å². The normalized spacial score (nSPS) is 22.6. The van der Waals surface area contributed by atoms with Crippen molar-refractivity contribution >= 4 is 0 Å². The molecular weight excluding hydrogens is 241 g/mol. The molecule has 106 valence electrons. The predicted molar refractivity (Wildman–Crippen MR) is 75.9 cm³/mol. The molecule has 2 atom stereocenters. The van der Waals surface area contributed by atoms with Gasteiger partial charge in [-0.15, -0.1) is 0 Å². The fourth-order valence-corrected chi connectivity index (χ4v) is 2.87. The number of halogens is 1. The molecule has 0 amide bonds. The summed E-state index contributed by atoms with van der Waals surface area (Å²) >= 11 is 0. The van der Waals surface area contributed by atoms with E-state index < -0.39 is 0 Å². The molecule has 1 aromatic rings. The van der Waals surface area contributed by atoms with E-state index in [4.69, 9.17) is 4.74 Å². The van der Waals surface area contributed by atoms with E-state index in [-0.39, 0.29) is 5.82 Å². The highest BCUT2D eigenvalue weighted by Gasteiger charge is 2.26. The molecule has 1 saturated carbocycles. The molecule has 0 aliphatic heterocycles. The van der Waals surface area contributed by atoms with Gasteiger partial charge in [-0.1, -0.05) is 19.4 Å². The van der Waals surface area contributed by atoms with Crippen LogP contribution in [0.15, 0.2) is 24.3 Å². The van der Waals surface area contributed by atoms with Crippen LogP contribution in [-0.4, -0.2) is 19.2 Å². The largest absolute Gasteiger partial charge is 0.493 e. The zero-order valence-corrected chi connectivity index (χ0v) is 11.7. The molecule has 2 unspecified atom stereocenters. The first kappa shape index (κ1) is 14.3. The third kappa shape index (κ3) is 4.50. The van der Waals surface area contributed by atoms with Crippen LogP contribution in [0.2, 0.25) is 0 Å². The van der Waals surface area contributed by atoms with Crippen LogP contribution < -0.4 is 10.1 Å². The van der Waals surface area contributed by atoms with Crippen molar-refractivity contribution in [1.82, 2.24) is 5.32 Å². The Morgan fingerprint density at radius 1 is 1.37 bits per heavy atom. The number of hydrogen-bond acceptors (Lipinski definition) is 2. The number of ether oxygens (including phenoxy) is 1. The minimum Gasteiger partial charge on any atom is -0.493 e. The Morgan fingerprint density at radius 3 is 3.05 bits per heavy atom. The zero-order chi connectivity index (χ0) is 13.5. The van der Waals surface area contributed by atoms with Gasteiger partial charge in [0.2, 0.25) is 0 Å². The molecule has 1 aliphatic carbocycles. The van der Waals surface area contributed by atoms with Crippen molar-refractivity contribution in [2.45, 2.75) is 45.1 Å². The van der Waals surface area contributed by atoms with Crippen LogP contribution >= 0.6 is 0 Å². The number of rotatable bonds is 7. The third-order valence-corrected chi connectivity index (χ3v) is 3.87. The van der Waals surface area contributed by atoms with Gasteiger partial charge in [0.25, 0.3) is 0 Å².